The molecule has 7 heteroatoms. The molecule has 3 rings (SSSR count). The predicted octanol–water partition coefficient (Wildman–Crippen LogP) is 3.74. The van der Waals surface area contributed by atoms with Crippen molar-refractivity contribution in [2.75, 3.05) is 6.54 Å². The molecule has 1 saturated carbocycles. The first kappa shape index (κ1) is 20.8. The van der Waals surface area contributed by atoms with Crippen LogP contribution in [-0.4, -0.2) is 20.9 Å². The molecule has 0 spiro atoms. The summed E-state index contributed by atoms with van der Waals surface area (Å²) in [7, 11) is -3.53. The van der Waals surface area contributed by atoms with Crippen LogP contribution in [0.5, 0.6) is 0 Å². The van der Waals surface area contributed by atoms with E-state index >= 15 is 0 Å². The second-order valence-corrected chi connectivity index (χ2v) is 9.43. The standard InChI is InChI=1S/C21H25ClN2O3S/c22-19-10-12-20(13-11-19)28(26,27)24-15-17-6-8-18(9-7-17)21(25)23-14-16-4-2-1-3-5-16/h1-5,10-13,17-18,24H,6-9,14-15H2,(H,23,25). The highest BCUT2D eigenvalue weighted by molar-refractivity contribution is 7.89. The topological polar surface area (TPSA) is 75.3 Å². The van der Waals surface area contributed by atoms with E-state index < -0.39 is 10.0 Å². The van der Waals surface area contributed by atoms with Crippen LogP contribution in [0.4, 0.5) is 0 Å². The lowest BCUT2D eigenvalue weighted by molar-refractivity contribution is -0.126. The number of nitrogens with one attached hydrogen (secondary N) is 2. The number of rotatable bonds is 7. The fourth-order valence-corrected chi connectivity index (χ4v) is 4.72. The van der Waals surface area contributed by atoms with Gasteiger partial charge in [-0.25, -0.2) is 13.1 Å². The van der Waals surface area contributed by atoms with Gasteiger partial charge in [0, 0.05) is 24.0 Å². The summed E-state index contributed by atoms with van der Waals surface area (Å²) in [6, 6.07) is 16.0. The molecule has 0 bridgehead atoms. The van der Waals surface area contributed by atoms with E-state index in [1.54, 1.807) is 12.1 Å². The summed E-state index contributed by atoms with van der Waals surface area (Å²) < 4.78 is 27.4. The number of sulfonamides is 1. The number of carbonyl (C=O) groups is 1. The first-order valence-electron chi connectivity index (χ1n) is 9.51. The number of amides is 1. The van der Waals surface area contributed by atoms with Gasteiger partial charge in [0.25, 0.3) is 0 Å². The highest BCUT2D eigenvalue weighted by Crippen LogP contribution is 2.29. The zero-order chi connectivity index (χ0) is 20.0. The number of carbonyl (C=O) groups excluding carboxylic acids is 1. The number of halogens is 1. The van der Waals surface area contributed by atoms with E-state index in [4.69, 9.17) is 11.6 Å². The van der Waals surface area contributed by atoms with Crippen LogP contribution in [0.1, 0.15) is 31.2 Å². The van der Waals surface area contributed by atoms with E-state index in [1.165, 1.54) is 12.1 Å². The van der Waals surface area contributed by atoms with Crippen molar-refractivity contribution in [3.8, 4) is 0 Å². The highest BCUT2D eigenvalue weighted by atomic mass is 35.5. The molecule has 0 saturated heterocycles. The van der Waals surface area contributed by atoms with Crippen LogP contribution in [-0.2, 0) is 21.4 Å². The molecule has 2 N–H and O–H groups in total. The molecule has 1 aliphatic carbocycles. The van der Waals surface area contributed by atoms with Gasteiger partial charge in [-0.2, -0.15) is 0 Å². The molecule has 2 aromatic rings. The van der Waals surface area contributed by atoms with Crippen LogP contribution in [0.2, 0.25) is 5.02 Å². The molecule has 0 radical (unpaired) electrons. The summed E-state index contributed by atoms with van der Waals surface area (Å²) in [5.74, 6) is 0.345. The van der Waals surface area contributed by atoms with Gasteiger partial charge in [0.05, 0.1) is 4.90 Å². The van der Waals surface area contributed by atoms with Gasteiger partial charge in [-0.3, -0.25) is 4.79 Å². The van der Waals surface area contributed by atoms with E-state index in [-0.39, 0.29) is 22.6 Å². The van der Waals surface area contributed by atoms with Crippen molar-refractivity contribution in [2.45, 2.75) is 37.1 Å². The van der Waals surface area contributed by atoms with E-state index in [0.717, 1.165) is 31.2 Å². The van der Waals surface area contributed by atoms with Crippen molar-refractivity contribution in [1.82, 2.24) is 10.0 Å². The summed E-state index contributed by atoms with van der Waals surface area (Å²) in [4.78, 5) is 12.6. The Balaban J connectivity index is 1.42. The monoisotopic (exact) mass is 420 g/mol. The summed E-state index contributed by atoms with van der Waals surface area (Å²) in [6.45, 7) is 0.934. The van der Waals surface area contributed by atoms with Crippen LogP contribution in [0, 0.1) is 11.8 Å². The number of hydrogen-bond donors (Lipinski definition) is 2. The van der Waals surface area contributed by atoms with Crippen LogP contribution >= 0.6 is 11.6 Å². The second-order valence-electron chi connectivity index (χ2n) is 7.23. The quantitative estimate of drug-likeness (QED) is 0.716. The third kappa shape index (κ3) is 5.80. The van der Waals surface area contributed by atoms with Gasteiger partial charge in [0.15, 0.2) is 0 Å². The Labute approximate surface area is 171 Å². The largest absolute Gasteiger partial charge is 0.352 e. The first-order valence-corrected chi connectivity index (χ1v) is 11.4. The van der Waals surface area contributed by atoms with Gasteiger partial charge in [0.2, 0.25) is 15.9 Å². The zero-order valence-electron chi connectivity index (χ0n) is 15.6. The molecule has 0 aliphatic heterocycles. The van der Waals surface area contributed by atoms with Gasteiger partial charge in [-0.05, 0) is 61.4 Å². The molecule has 1 fully saturated rings. The molecule has 0 heterocycles. The summed E-state index contributed by atoms with van der Waals surface area (Å²) >= 11 is 5.81. The van der Waals surface area contributed by atoms with Crippen molar-refractivity contribution in [3.05, 3.63) is 65.2 Å². The van der Waals surface area contributed by atoms with Gasteiger partial charge in [-0.15, -0.1) is 0 Å². The van der Waals surface area contributed by atoms with Crippen molar-refractivity contribution < 1.29 is 13.2 Å². The summed E-state index contributed by atoms with van der Waals surface area (Å²) in [6.07, 6.45) is 3.25. The molecule has 2 aromatic carbocycles. The van der Waals surface area contributed by atoms with Gasteiger partial charge in [0.1, 0.15) is 0 Å². The molecule has 5 nitrogen and oxygen atoms in total. The molecule has 1 aliphatic rings. The maximum atomic E-state index is 12.4. The van der Waals surface area contributed by atoms with E-state index in [9.17, 15) is 13.2 Å². The minimum atomic E-state index is -3.53. The third-order valence-electron chi connectivity index (χ3n) is 5.21. The van der Waals surface area contributed by atoms with Crippen LogP contribution in [0.3, 0.4) is 0 Å². The Kier molecular flexibility index (Phi) is 7.10. The van der Waals surface area contributed by atoms with Crippen LogP contribution in [0.25, 0.3) is 0 Å². The third-order valence-corrected chi connectivity index (χ3v) is 6.90. The SMILES string of the molecule is O=C(NCc1ccccc1)C1CCC(CNS(=O)(=O)c2ccc(Cl)cc2)CC1. The average molecular weight is 421 g/mol. The Hall–Kier alpha value is -1.89. The average Bonchev–Trinajstić information content (AvgIpc) is 2.72. The summed E-state index contributed by atoms with van der Waals surface area (Å²) in [5.41, 5.74) is 1.08. The normalized spacial score (nSPS) is 19.9. The Morgan fingerprint density at radius 3 is 2.25 bits per heavy atom. The number of benzene rings is 2. The van der Waals surface area contributed by atoms with Crippen molar-refractivity contribution in [1.29, 1.82) is 0 Å². The molecule has 150 valence electrons. The molecule has 0 aromatic heterocycles. The van der Waals surface area contributed by atoms with Crippen LogP contribution in [0.15, 0.2) is 59.5 Å². The Bertz CT molecular complexity index is 878. The lowest BCUT2D eigenvalue weighted by Gasteiger charge is -2.28. The summed E-state index contributed by atoms with van der Waals surface area (Å²) in [5, 5.41) is 3.51. The maximum Gasteiger partial charge on any atom is 0.240 e. The molecule has 1 amide bonds. The van der Waals surface area contributed by atoms with E-state index in [2.05, 4.69) is 10.0 Å². The highest BCUT2D eigenvalue weighted by Gasteiger charge is 2.27. The molecular formula is C21H25ClN2O3S. The predicted molar refractivity (Wildman–Crippen MR) is 110 cm³/mol. The smallest absolute Gasteiger partial charge is 0.240 e. The molecule has 28 heavy (non-hydrogen) atoms. The zero-order valence-corrected chi connectivity index (χ0v) is 17.2. The van der Waals surface area contributed by atoms with Crippen molar-refractivity contribution >= 4 is 27.5 Å². The molecule has 0 unspecified atom stereocenters. The fourth-order valence-electron chi connectivity index (χ4n) is 3.48. The minimum Gasteiger partial charge on any atom is -0.352 e. The van der Waals surface area contributed by atoms with Gasteiger partial charge >= 0.3 is 0 Å². The van der Waals surface area contributed by atoms with Crippen molar-refractivity contribution in [3.63, 3.8) is 0 Å². The Morgan fingerprint density at radius 2 is 1.61 bits per heavy atom. The fraction of sp³-hybridized carbons (Fsp3) is 0.381. The minimum absolute atomic E-state index is 0.00725. The lowest BCUT2D eigenvalue weighted by Crippen LogP contribution is -2.36. The first-order chi connectivity index (χ1) is 13.4. The maximum absolute atomic E-state index is 12.4. The van der Waals surface area contributed by atoms with Crippen molar-refractivity contribution in [2.24, 2.45) is 11.8 Å². The van der Waals surface area contributed by atoms with Crippen LogP contribution < -0.4 is 10.0 Å². The van der Waals surface area contributed by atoms with Gasteiger partial charge < -0.3 is 5.32 Å². The molecule has 0 atom stereocenters. The Morgan fingerprint density at radius 1 is 0.964 bits per heavy atom. The molecular weight excluding hydrogens is 396 g/mol. The lowest BCUT2D eigenvalue weighted by atomic mass is 9.81. The second kappa shape index (κ2) is 9.54. The number of hydrogen-bond acceptors (Lipinski definition) is 3. The van der Waals surface area contributed by atoms with E-state index in [0.29, 0.717) is 18.1 Å². The van der Waals surface area contributed by atoms with Gasteiger partial charge in [-0.1, -0.05) is 41.9 Å². The van der Waals surface area contributed by atoms with E-state index in [1.807, 2.05) is 30.3 Å².